The smallest absolute Gasteiger partial charge is 0.262 e. The molecule has 0 radical (unpaired) electrons. The van der Waals surface area contributed by atoms with Crippen LogP contribution in [0.3, 0.4) is 0 Å². The van der Waals surface area contributed by atoms with Crippen LogP contribution < -0.4 is 9.46 Å². The van der Waals surface area contributed by atoms with Gasteiger partial charge in [-0.1, -0.05) is 17.7 Å². The number of rotatable bonds is 5. The van der Waals surface area contributed by atoms with Gasteiger partial charge in [-0.15, -0.1) is 0 Å². The van der Waals surface area contributed by atoms with E-state index in [1.807, 2.05) is 0 Å². The molecule has 0 aliphatic heterocycles. The zero-order valence-electron chi connectivity index (χ0n) is 14.4. The predicted molar refractivity (Wildman–Crippen MR) is 100 cm³/mol. The Balaban J connectivity index is 2.00. The predicted octanol–water partition coefficient (Wildman–Crippen LogP) is 4.48. The molecule has 0 atom stereocenters. The van der Waals surface area contributed by atoms with Crippen LogP contribution in [0.15, 0.2) is 53.7 Å². The topological polar surface area (TPSA) is 81.2 Å². The van der Waals surface area contributed by atoms with Crippen LogP contribution in [0.2, 0.25) is 5.02 Å². The molecule has 0 amide bonds. The molecule has 3 aromatic rings. The van der Waals surface area contributed by atoms with Crippen molar-refractivity contribution in [2.45, 2.75) is 18.7 Å². The van der Waals surface area contributed by atoms with Gasteiger partial charge in [0.05, 0.1) is 15.6 Å². The molecule has 0 saturated carbocycles. The first-order valence-corrected chi connectivity index (χ1v) is 9.66. The Labute approximate surface area is 161 Å². The summed E-state index contributed by atoms with van der Waals surface area (Å²) in [6.07, 6.45) is 2.93. The van der Waals surface area contributed by atoms with Gasteiger partial charge in [0.15, 0.2) is 5.75 Å². The number of hydrogen-bond acceptors (Lipinski definition) is 5. The monoisotopic (exact) mass is 407 g/mol. The minimum absolute atomic E-state index is 0.00636. The fraction of sp³-hybridized carbons (Fsp3) is 0.111. The fourth-order valence-corrected chi connectivity index (χ4v) is 3.79. The van der Waals surface area contributed by atoms with E-state index in [1.165, 1.54) is 24.4 Å². The number of halogens is 2. The molecule has 1 N–H and O–H groups in total. The zero-order valence-corrected chi connectivity index (χ0v) is 16.0. The third-order valence-corrected chi connectivity index (χ3v) is 5.38. The SMILES string of the molecule is Cc1ccc(F)cc1S(=O)(=O)Nc1cc(Cl)cnc1Oc1cccnc1C. The lowest BCUT2D eigenvalue weighted by molar-refractivity contribution is 0.459. The summed E-state index contributed by atoms with van der Waals surface area (Å²) in [7, 11) is -4.09. The van der Waals surface area contributed by atoms with Crippen LogP contribution in [0.25, 0.3) is 0 Å². The quantitative estimate of drug-likeness (QED) is 0.674. The van der Waals surface area contributed by atoms with Gasteiger partial charge >= 0.3 is 0 Å². The molecular formula is C18H15ClFN3O3S. The lowest BCUT2D eigenvalue weighted by Crippen LogP contribution is -2.15. The van der Waals surface area contributed by atoms with Crippen molar-refractivity contribution >= 4 is 27.3 Å². The van der Waals surface area contributed by atoms with Crippen molar-refractivity contribution < 1.29 is 17.5 Å². The molecule has 1 aromatic carbocycles. The largest absolute Gasteiger partial charge is 0.435 e. The highest BCUT2D eigenvalue weighted by atomic mass is 35.5. The van der Waals surface area contributed by atoms with Crippen LogP contribution in [0.4, 0.5) is 10.1 Å². The number of nitrogens with zero attached hydrogens (tertiary/aromatic N) is 2. The first-order valence-electron chi connectivity index (χ1n) is 7.80. The Morgan fingerprint density at radius 1 is 1.15 bits per heavy atom. The normalized spacial score (nSPS) is 11.3. The molecule has 140 valence electrons. The molecule has 9 heteroatoms. The van der Waals surface area contributed by atoms with E-state index in [1.54, 1.807) is 32.2 Å². The number of anilines is 1. The van der Waals surface area contributed by atoms with Crippen molar-refractivity contribution in [3.63, 3.8) is 0 Å². The van der Waals surface area contributed by atoms with Crippen LogP contribution in [-0.4, -0.2) is 18.4 Å². The van der Waals surface area contributed by atoms with Gasteiger partial charge in [-0.25, -0.2) is 17.8 Å². The molecular weight excluding hydrogens is 393 g/mol. The van der Waals surface area contributed by atoms with Crippen LogP contribution in [-0.2, 0) is 10.0 Å². The molecule has 2 aromatic heterocycles. The first-order chi connectivity index (χ1) is 12.8. The first kappa shape index (κ1) is 19.1. The fourth-order valence-electron chi connectivity index (χ4n) is 2.33. The van der Waals surface area contributed by atoms with Crippen molar-refractivity contribution in [2.24, 2.45) is 0 Å². The summed E-state index contributed by atoms with van der Waals surface area (Å²) in [5.74, 6) is -0.254. The van der Waals surface area contributed by atoms with E-state index in [-0.39, 0.29) is 21.5 Å². The number of hydrogen-bond donors (Lipinski definition) is 1. The van der Waals surface area contributed by atoms with E-state index in [0.717, 1.165) is 6.07 Å². The molecule has 3 rings (SSSR count). The Hall–Kier alpha value is -2.71. The van der Waals surface area contributed by atoms with Crippen molar-refractivity contribution in [3.05, 3.63) is 70.9 Å². The van der Waals surface area contributed by atoms with Crippen molar-refractivity contribution in [3.8, 4) is 11.6 Å². The number of sulfonamides is 1. The molecule has 0 fully saturated rings. The summed E-state index contributed by atoms with van der Waals surface area (Å²) in [5, 5.41) is 0.207. The summed E-state index contributed by atoms with van der Waals surface area (Å²) >= 11 is 5.96. The number of benzene rings is 1. The van der Waals surface area contributed by atoms with Crippen molar-refractivity contribution in [1.29, 1.82) is 0 Å². The molecule has 27 heavy (non-hydrogen) atoms. The molecule has 0 aliphatic rings. The van der Waals surface area contributed by atoms with Gasteiger partial charge in [-0.3, -0.25) is 9.71 Å². The third-order valence-electron chi connectivity index (χ3n) is 3.67. The second kappa shape index (κ2) is 7.50. The van der Waals surface area contributed by atoms with E-state index >= 15 is 0 Å². The average molecular weight is 408 g/mol. The van der Waals surface area contributed by atoms with Gasteiger partial charge in [-0.2, -0.15) is 0 Å². The molecule has 2 heterocycles. The van der Waals surface area contributed by atoms with E-state index in [4.69, 9.17) is 16.3 Å². The second-order valence-electron chi connectivity index (χ2n) is 5.71. The van der Waals surface area contributed by atoms with Gasteiger partial charge in [0.2, 0.25) is 5.88 Å². The lowest BCUT2D eigenvalue weighted by atomic mass is 10.2. The van der Waals surface area contributed by atoms with E-state index < -0.39 is 15.8 Å². The van der Waals surface area contributed by atoms with Crippen LogP contribution in [0.1, 0.15) is 11.3 Å². The number of ether oxygens (including phenoxy) is 1. The second-order valence-corrected chi connectivity index (χ2v) is 7.80. The molecule has 6 nitrogen and oxygen atoms in total. The highest BCUT2D eigenvalue weighted by molar-refractivity contribution is 7.92. The molecule has 0 aliphatic carbocycles. The van der Waals surface area contributed by atoms with Gasteiger partial charge in [-0.05, 0) is 49.7 Å². The van der Waals surface area contributed by atoms with Crippen molar-refractivity contribution in [2.75, 3.05) is 4.72 Å². The van der Waals surface area contributed by atoms with Crippen LogP contribution >= 0.6 is 11.6 Å². The number of aromatic nitrogens is 2. The minimum atomic E-state index is -4.09. The van der Waals surface area contributed by atoms with Crippen LogP contribution in [0, 0.1) is 19.7 Å². The van der Waals surface area contributed by atoms with E-state index in [0.29, 0.717) is 17.0 Å². The number of aryl methyl sites for hydroxylation is 2. The average Bonchev–Trinajstić information content (AvgIpc) is 2.61. The summed E-state index contributed by atoms with van der Waals surface area (Å²) in [6.45, 7) is 3.31. The maximum absolute atomic E-state index is 13.5. The minimum Gasteiger partial charge on any atom is -0.435 e. The standard InChI is InChI=1S/C18H15ClFN3O3S/c1-11-5-6-14(20)9-17(11)27(24,25)23-15-8-13(19)10-22-18(15)26-16-4-3-7-21-12(16)2/h3-10,23H,1-2H3. The Morgan fingerprint density at radius 2 is 1.93 bits per heavy atom. The lowest BCUT2D eigenvalue weighted by Gasteiger charge is -2.14. The maximum atomic E-state index is 13.5. The van der Waals surface area contributed by atoms with Gasteiger partial charge in [0.1, 0.15) is 11.5 Å². The Kier molecular flexibility index (Phi) is 5.29. The van der Waals surface area contributed by atoms with E-state index in [9.17, 15) is 12.8 Å². The molecule has 0 unspecified atom stereocenters. The van der Waals surface area contributed by atoms with Gasteiger partial charge in [0, 0.05) is 12.4 Å². The van der Waals surface area contributed by atoms with Crippen molar-refractivity contribution in [1.82, 2.24) is 9.97 Å². The number of pyridine rings is 2. The van der Waals surface area contributed by atoms with Gasteiger partial charge in [0.25, 0.3) is 10.0 Å². The van der Waals surface area contributed by atoms with Gasteiger partial charge < -0.3 is 4.74 Å². The van der Waals surface area contributed by atoms with Crippen LogP contribution in [0.5, 0.6) is 11.6 Å². The Morgan fingerprint density at radius 3 is 2.67 bits per heavy atom. The highest BCUT2D eigenvalue weighted by Gasteiger charge is 2.21. The van der Waals surface area contributed by atoms with E-state index in [2.05, 4.69) is 14.7 Å². The highest BCUT2D eigenvalue weighted by Crippen LogP contribution is 2.32. The summed E-state index contributed by atoms with van der Waals surface area (Å²) in [6, 6.07) is 8.24. The maximum Gasteiger partial charge on any atom is 0.262 e. The number of nitrogens with one attached hydrogen (secondary N) is 1. The molecule has 0 saturated heterocycles. The third kappa shape index (κ3) is 4.35. The molecule has 0 spiro atoms. The summed E-state index contributed by atoms with van der Waals surface area (Å²) < 4.78 is 47.1. The molecule has 0 bridgehead atoms. The Bertz CT molecular complexity index is 1110. The summed E-state index contributed by atoms with van der Waals surface area (Å²) in [4.78, 5) is 7.97. The summed E-state index contributed by atoms with van der Waals surface area (Å²) in [5.41, 5.74) is 1.02. The zero-order chi connectivity index (χ0) is 19.6.